The molecule has 1 fully saturated rings. The lowest BCUT2D eigenvalue weighted by Gasteiger charge is -2.13. The van der Waals surface area contributed by atoms with Crippen LogP contribution in [0.15, 0.2) is 21.5 Å². The number of aliphatic carboxylic acids is 1. The molecule has 136 valence electrons. The normalized spacial score (nSPS) is 15.3. The van der Waals surface area contributed by atoms with E-state index in [1.807, 2.05) is 6.92 Å². The monoisotopic (exact) mass is 455 g/mol. The van der Waals surface area contributed by atoms with E-state index in [-0.39, 0.29) is 10.9 Å². The number of hydrogen-bond donors (Lipinski definition) is 1. The molecule has 0 atom stereocenters. The van der Waals surface area contributed by atoms with E-state index in [2.05, 4.69) is 21.9 Å². The fraction of sp³-hybridized carbons (Fsp3) is 0.235. The van der Waals surface area contributed by atoms with Crippen molar-refractivity contribution in [2.24, 2.45) is 0 Å². The Morgan fingerprint density at radius 1 is 1.50 bits per heavy atom. The van der Waals surface area contributed by atoms with E-state index in [4.69, 9.17) is 33.2 Å². The summed E-state index contributed by atoms with van der Waals surface area (Å²) in [6, 6.07) is 3.46. The SMILES string of the molecule is C#CCOc1c(Br)cc(/C=C2\SC(=S)N(CC(=O)O)C2=O)cc1OCC. The minimum absolute atomic E-state index is 0.0892. The lowest BCUT2D eigenvalue weighted by Crippen LogP contribution is -2.33. The molecule has 1 aromatic rings. The number of rotatable bonds is 7. The zero-order valence-electron chi connectivity index (χ0n) is 13.7. The van der Waals surface area contributed by atoms with Crippen LogP contribution in [0, 0.1) is 12.3 Å². The zero-order valence-corrected chi connectivity index (χ0v) is 16.9. The first-order valence-corrected chi connectivity index (χ1v) is 9.38. The van der Waals surface area contributed by atoms with Crippen LogP contribution >= 0.6 is 39.9 Å². The van der Waals surface area contributed by atoms with Gasteiger partial charge in [-0.3, -0.25) is 14.5 Å². The van der Waals surface area contributed by atoms with Crippen LogP contribution in [-0.4, -0.2) is 46.0 Å². The third-order valence-electron chi connectivity index (χ3n) is 3.10. The van der Waals surface area contributed by atoms with Crippen LogP contribution in [-0.2, 0) is 9.59 Å². The van der Waals surface area contributed by atoms with Crippen LogP contribution in [0.25, 0.3) is 6.08 Å². The Bertz CT molecular complexity index is 831. The number of benzene rings is 1. The number of carbonyl (C=O) groups is 2. The maximum absolute atomic E-state index is 12.4. The predicted octanol–water partition coefficient (Wildman–Crippen LogP) is 3.15. The summed E-state index contributed by atoms with van der Waals surface area (Å²) >= 11 is 9.55. The van der Waals surface area contributed by atoms with Gasteiger partial charge < -0.3 is 14.6 Å². The van der Waals surface area contributed by atoms with Gasteiger partial charge in [-0.1, -0.05) is 29.9 Å². The number of ether oxygens (including phenoxy) is 2. The summed E-state index contributed by atoms with van der Waals surface area (Å²) < 4.78 is 11.9. The predicted molar refractivity (Wildman–Crippen MR) is 107 cm³/mol. The summed E-state index contributed by atoms with van der Waals surface area (Å²) in [5.41, 5.74) is 0.671. The average Bonchev–Trinajstić information content (AvgIpc) is 2.81. The Balaban J connectivity index is 2.35. The molecular weight excluding hydrogens is 442 g/mol. The zero-order chi connectivity index (χ0) is 19.3. The maximum Gasteiger partial charge on any atom is 0.323 e. The smallest absolute Gasteiger partial charge is 0.323 e. The molecule has 1 saturated heterocycles. The number of carboxylic acid groups (broad SMARTS) is 1. The van der Waals surface area contributed by atoms with Crippen molar-refractivity contribution in [2.45, 2.75) is 6.92 Å². The minimum atomic E-state index is -1.13. The van der Waals surface area contributed by atoms with Gasteiger partial charge in [0.25, 0.3) is 5.91 Å². The molecule has 1 aliphatic heterocycles. The van der Waals surface area contributed by atoms with Crippen molar-refractivity contribution in [3.63, 3.8) is 0 Å². The highest BCUT2D eigenvalue weighted by Gasteiger charge is 2.33. The second-order valence-electron chi connectivity index (χ2n) is 4.92. The van der Waals surface area contributed by atoms with Gasteiger partial charge in [0, 0.05) is 0 Å². The van der Waals surface area contributed by atoms with E-state index >= 15 is 0 Å². The average molecular weight is 456 g/mol. The fourth-order valence-electron chi connectivity index (χ4n) is 2.11. The first-order chi connectivity index (χ1) is 12.4. The number of carbonyl (C=O) groups excluding carboxylic acids is 1. The Morgan fingerprint density at radius 3 is 2.85 bits per heavy atom. The number of nitrogens with zero attached hydrogens (tertiary/aromatic N) is 1. The molecule has 0 unspecified atom stereocenters. The van der Waals surface area contributed by atoms with Gasteiger partial charge in [-0.25, -0.2) is 0 Å². The Morgan fingerprint density at radius 2 is 2.23 bits per heavy atom. The second kappa shape index (κ2) is 9.07. The molecule has 2 rings (SSSR count). The van der Waals surface area contributed by atoms with Gasteiger partial charge >= 0.3 is 5.97 Å². The highest BCUT2D eigenvalue weighted by Crippen LogP contribution is 2.39. The first kappa shape index (κ1) is 20.3. The van der Waals surface area contributed by atoms with Crippen LogP contribution in [0.4, 0.5) is 0 Å². The third-order valence-corrected chi connectivity index (χ3v) is 5.06. The van der Waals surface area contributed by atoms with Gasteiger partial charge in [0.2, 0.25) is 0 Å². The number of terminal acetylenes is 1. The largest absolute Gasteiger partial charge is 0.490 e. The lowest BCUT2D eigenvalue weighted by molar-refractivity contribution is -0.140. The molecular formula is C17H14BrNO5S2. The van der Waals surface area contributed by atoms with Crippen LogP contribution in [0.2, 0.25) is 0 Å². The molecule has 1 amide bonds. The summed E-state index contributed by atoms with van der Waals surface area (Å²) in [6.07, 6.45) is 6.85. The topological polar surface area (TPSA) is 76.1 Å². The molecule has 0 spiro atoms. The lowest BCUT2D eigenvalue weighted by atomic mass is 10.2. The van der Waals surface area contributed by atoms with Crippen LogP contribution < -0.4 is 9.47 Å². The van der Waals surface area contributed by atoms with Gasteiger partial charge in [-0.05, 0) is 46.6 Å². The standard InChI is InChI=1S/C17H14BrNO5S2/c1-3-5-24-15-11(18)6-10(7-12(15)23-4-2)8-13-16(22)19(9-14(20)21)17(25)26-13/h1,6-8H,4-5,9H2,2H3,(H,20,21)/b13-8-. The molecule has 1 aromatic carbocycles. The van der Waals surface area contributed by atoms with Gasteiger partial charge in [0.15, 0.2) is 11.5 Å². The number of halogens is 1. The molecule has 0 saturated carbocycles. The Kier molecular flexibility index (Phi) is 7.08. The molecule has 1 N–H and O–H groups in total. The minimum Gasteiger partial charge on any atom is -0.490 e. The van der Waals surface area contributed by atoms with E-state index in [9.17, 15) is 9.59 Å². The van der Waals surface area contributed by atoms with Crippen LogP contribution in [0.3, 0.4) is 0 Å². The molecule has 0 aromatic heterocycles. The van der Waals surface area contributed by atoms with Crippen molar-refractivity contribution in [1.82, 2.24) is 4.90 Å². The third kappa shape index (κ3) is 4.78. The summed E-state index contributed by atoms with van der Waals surface area (Å²) in [6.45, 7) is 1.88. The van der Waals surface area contributed by atoms with Crippen LogP contribution in [0.5, 0.6) is 11.5 Å². The van der Waals surface area contributed by atoms with E-state index in [0.717, 1.165) is 16.7 Å². The molecule has 0 radical (unpaired) electrons. The van der Waals surface area contributed by atoms with E-state index in [1.54, 1.807) is 18.2 Å². The van der Waals surface area contributed by atoms with Crippen molar-refractivity contribution >= 4 is 62.2 Å². The molecule has 0 bridgehead atoms. The van der Waals surface area contributed by atoms with Gasteiger partial charge in [0.05, 0.1) is 16.0 Å². The van der Waals surface area contributed by atoms with E-state index in [0.29, 0.717) is 33.0 Å². The van der Waals surface area contributed by atoms with Crippen molar-refractivity contribution in [3.05, 3.63) is 27.1 Å². The molecule has 1 heterocycles. The number of thiocarbonyl (C=S) groups is 1. The maximum atomic E-state index is 12.4. The highest BCUT2D eigenvalue weighted by molar-refractivity contribution is 9.10. The number of carboxylic acids is 1. The number of hydrogen-bond acceptors (Lipinski definition) is 6. The molecule has 6 nitrogen and oxygen atoms in total. The van der Waals surface area contributed by atoms with E-state index in [1.165, 1.54) is 0 Å². The molecule has 26 heavy (non-hydrogen) atoms. The number of amides is 1. The first-order valence-electron chi connectivity index (χ1n) is 7.37. The summed E-state index contributed by atoms with van der Waals surface area (Å²) in [4.78, 5) is 24.6. The second-order valence-corrected chi connectivity index (χ2v) is 7.45. The summed E-state index contributed by atoms with van der Waals surface area (Å²) in [5, 5.41) is 8.89. The summed E-state index contributed by atoms with van der Waals surface area (Å²) in [7, 11) is 0. The van der Waals surface area contributed by atoms with Crippen LogP contribution in [0.1, 0.15) is 12.5 Å². The number of thioether (sulfide) groups is 1. The van der Waals surface area contributed by atoms with Crippen molar-refractivity contribution in [2.75, 3.05) is 19.8 Å². The molecule has 0 aliphatic carbocycles. The highest BCUT2D eigenvalue weighted by atomic mass is 79.9. The fourth-order valence-corrected chi connectivity index (χ4v) is 3.94. The molecule has 9 heteroatoms. The quantitative estimate of drug-likeness (QED) is 0.384. The van der Waals surface area contributed by atoms with Gasteiger partial charge in [-0.15, -0.1) is 6.42 Å². The van der Waals surface area contributed by atoms with Gasteiger partial charge in [-0.2, -0.15) is 0 Å². The summed E-state index contributed by atoms with van der Waals surface area (Å²) in [5.74, 6) is 1.77. The molecule has 1 aliphatic rings. The Labute approximate surface area is 168 Å². The van der Waals surface area contributed by atoms with Crippen molar-refractivity contribution in [1.29, 1.82) is 0 Å². The van der Waals surface area contributed by atoms with E-state index < -0.39 is 18.4 Å². The van der Waals surface area contributed by atoms with Gasteiger partial charge in [0.1, 0.15) is 17.5 Å². The van der Waals surface area contributed by atoms with Crippen molar-refractivity contribution < 1.29 is 24.2 Å². The Hall–Kier alpha value is -2.02. The van der Waals surface area contributed by atoms with Crippen molar-refractivity contribution in [3.8, 4) is 23.8 Å².